The third kappa shape index (κ3) is 2.35. The Balaban J connectivity index is 1.48. The molecule has 2 aromatic carbocycles. The van der Waals surface area contributed by atoms with Crippen LogP contribution in [0.1, 0.15) is 29.2 Å². The number of fused-ring (bicyclic) bond motifs is 2. The zero-order valence-electron chi connectivity index (χ0n) is 14.0. The summed E-state index contributed by atoms with van der Waals surface area (Å²) in [5, 5.41) is 21.3. The van der Waals surface area contributed by atoms with Gasteiger partial charge in [0.05, 0.1) is 35.7 Å². The molecule has 1 aliphatic rings. The molecule has 1 atom stereocenters. The highest BCUT2D eigenvalue weighted by molar-refractivity contribution is 5.94. The number of benzene rings is 2. The second-order valence-corrected chi connectivity index (χ2v) is 6.61. The first kappa shape index (κ1) is 14.8. The minimum Gasteiger partial charge on any atom is -0.472 e. The number of nitriles is 1. The molecule has 2 N–H and O–H groups in total. The Hall–Kier alpha value is -3.52. The quantitative estimate of drug-likeness (QED) is 0.562. The number of furan rings is 1. The number of nitrogens with zero attached hydrogens (tertiary/aromatic N) is 2. The summed E-state index contributed by atoms with van der Waals surface area (Å²) in [4.78, 5) is 0. The van der Waals surface area contributed by atoms with Crippen LogP contribution in [0.2, 0.25) is 0 Å². The van der Waals surface area contributed by atoms with E-state index in [1.807, 2.05) is 24.3 Å². The van der Waals surface area contributed by atoms with Crippen molar-refractivity contribution < 1.29 is 4.42 Å². The number of nitrogens with one attached hydrogen (secondary N) is 2. The summed E-state index contributed by atoms with van der Waals surface area (Å²) in [6.07, 6.45) is 5.39. The van der Waals surface area contributed by atoms with Crippen LogP contribution in [0, 0.1) is 11.3 Å². The van der Waals surface area contributed by atoms with Gasteiger partial charge < -0.3 is 9.73 Å². The number of anilines is 1. The van der Waals surface area contributed by atoms with Crippen LogP contribution in [-0.4, -0.2) is 10.2 Å². The maximum atomic E-state index is 9.07. The van der Waals surface area contributed by atoms with Crippen LogP contribution in [-0.2, 0) is 6.42 Å². The average Bonchev–Trinajstić information content (AvgIpc) is 3.40. The highest BCUT2D eigenvalue weighted by atomic mass is 16.3. The van der Waals surface area contributed by atoms with Crippen molar-refractivity contribution >= 4 is 16.6 Å². The molecule has 5 heteroatoms. The van der Waals surface area contributed by atoms with Gasteiger partial charge in [0.2, 0.25) is 0 Å². The molecule has 1 aliphatic carbocycles. The van der Waals surface area contributed by atoms with Crippen molar-refractivity contribution in [3.63, 3.8) is 0 Å². The molecular formula is C21H16N4O. The highest BCUT2D eigenvalue weighted by Gasteiger charge is 2.22. The van der Waals surface area contributed by atoms with Crippen molar-refractivity contribution in [2.75, 3.05) is 5.32 Å². The van der Waals surface area contributed by atoms with Crippen LogP contribution < -0.4 is 5.32 Å². The number of rotatable bonds is 3. The Labute approximate surface area is 150 Å². The van der Waals surface area contributed by atoms with Gasteiger partial charge in [-0.15, -0.1) is 0 Å². The Kier molecular flexibility index (Phi) is 3.29. The SMILES string of the molecule is N#Cc1ccc2c(c1)CC[C@@H]2Nc1ccc2[nH]nc(-c3ccoc3)c2c1. The second-order valence-electron chi connectivity index (χ2n) is 6.61. The minimum absolute atomic E-state index is 0.263. The molecule has 5 nitrogen and oxygen atoms in total. The molecule has 0 spiro atoms. The van der Waals surface area contributed by atoms with Gasteiger partial charge in [0.15, 0.2) is 0 Å². The molecule has 0 aliphatic heterocycles. The van der Waals surface area contributed by atoms with Gasteiger partial charge in [-0.25, -0.2) is 0 Å². The van der Waals surface area contributed by atoms with E-state index in [4.69, 9.17) is 9.68 Å². The highest BCUT2D eigenvalue weighted by Crippen LogP contribution is 2.36. The third-order valence-electron chi connectivity index (χ3n) is 5.05. The van der Waals surface area contributed by atoms with Gasteiger partial charge in [-0.2, -0.15) is 10.4 Å². The number of aromatic nitrogens is 2. The molecule has 26 heavy (non-hydrogen) atoms. The van der Waals surface area contributed by atoms with E-state index in [2.05, 4.69) is 39.8 Å². The fraction of sp³-hybridized carbons (Fsp3) is 0.143. The maximum absolute atomic E-state index is 9.07. The first-order chi connectivity index (χ1) is 12.8. The van der Waals surface area contributed by atoms with Crippen molar-refractivity contribution in [1.82, 2.24) is 10.2 Å². The van der Waals surface area contributed by atoms with Crippen molar-refractivity contribution in [3.05, 3.63) is 71.7 Å². The van der Waals surface area contributed by atoms with E-state index in [1.165, 1.54) is 11.1 Å². The van der Waals surface area contributed by atoms with Crippen LogP contribution >= 0.6 is 0 Å². The summed E-state index contributed by atoms with van der Waals surface area (Å²) in [6, 6.07) is 16.6. The lowest BCUT2D eigenvalue weighted by molar-refractivity contribution is 0.568. The summed E-state index contributed by atoms with van der Waals surface area (Å²) < 4.78 is 5.19. The van der Waals surface area contributed by atoms with Gasteiger partial charge >= 0.3 is 0 Å². The molecule has 0 radical (unpaired) electrons. The number of H-pyrrole nitrogens is 1. The van der Waals surface area contributed by atoms with Gasteiger partial charge in [-0.1, -0.05) is 6.07 Å². The molecule has 0 fully saturated rings. The smallest absolute Gasteiger partial charge is 0.103 e. The first-order valence-corrected chi connectivity index (χ1v) is 8.62. The lowest BCUT2D eigenvalue weighted by Gasteiger charge is -2.16. The Morgan fingerprint density at radius 3 is 3.00 bits per heavy atom. The number of aryl methyl sites for hydroxylation is 1. The Morgan fingerprint density at radius 2 is 2.15 bits per heavy atom. The molecule has 2 aromatic heterocycles. The van der Waals surface area contributed by atoms with E-state index in [9.17, 15) is 0 Å². The lowest BCUT2D eigenvalue weighted by Crippen LogP contribution is -2.06. The molecule has 0 unspecified atom stereocenters. The normalized spacial score (nSPS) is 15.7. The Bertz CT molecular complexity index is 1130. The van der Waals surface area contributed by atoms with Gasteiger partial charge in [-0.3, -0.25) is 5.10 Å². The molecule has 126 valence electrons. The topological polar surface area (TPSA) is 77.6 Å². The van der Waals surface area contributed by atoms with E-state index < -0.39 is 0 Å². The molecule has 5 rings (SSSR count). The van der Waals surface area contributed by atoms with Gasteiger partial charge in [0.25, 0.3) is 0 Å². The summed E-state index contributed by atoms with van der Waals surface area (Å²) in [6.45, 7) is 0. The van der Waals surface area contributed by atoms with E-state index in [-0.39, 0.29) is 6.04 Å². The maximum Gasteiger partial charge on any atom is 0.103 e. The predicted octanol–water partition coefficient (Wildman–Crippen LogP) is 4.79. The Morgan fingerprint density at radius 1 is 1.19 bits per heavy atom. The lowest BCUT2D eigenvalue weighted by atomic mass is 10.0. The summed E-state index contributed by atoms with van der Waals surface area (Å²) in [5.41, 5.74) is 7.19. The van der Waals surface area contributed by atoms with E-state index >= 15 is 0 Å². The van der Waals surface area contributed by atoms with Gasteiger partial charge in [0.1, 0.15) is 5.69 Å². The average molecular weight is 340 g/mol. The molecule has 0 saturated heterocycles. The monoisotopic (exact) mass is 340 g/mol. The minimum atomic E-state index is 0.263. The summed E-state index contributed by atoms with van der Waals surface area (Å²) in [5.74, 6) is 0. The van der Waals surface area contributed by atoms with Gasteiger partial charge in [0, 0.05) is 16.6 Å². The van der Waals surface area contributed by atoms with E-state index in [0.29, 0.717) is 0 Å². The fourth-order valence-electron chi connectivity index (χ4n) is 3.76. The van der Waals surface area contributed by atoms with E-state index in [1.54, 1.807) is 12.5 Å². The van der Waals surface area contributed by atoms with Crippen molar-refractivity contribution in [2.45, 2.75) is 18.9 Å². The number of aromatic amines is 1. The molecule has 4 aromatic rings. The summed E-state index contributed by atoms with van der Waals surface area (Å²) >= 11 is 0. The van der Waals surface area contributed by atoms with Gasteiger partial charge in [-0.05, 0) is 60.4 Å². The number of hydrogen-bond acceptors (Lipinski definition) is 4. The van der Waals surface area contributed by atoms with Crippen LogP contribution in [0.5, 0.6) is 0 Å². The molecule has 2 heterocycles. The first-order valence-electron chi connectivity index (χ1n) is 8.62. The van der Waals surface area contributed by atoms with Crippen LogP contribution in [0.25, 0.3) is 22.2 Å². The van der Waals surface area contributed by atoms with Crippen LogP contribution in [0.4, 0.5) is 5.69 Å². The van der Waals surface area contributed by atoms with Crippen molar-refractivity contribution in [1.29, 1.82) is 5.26 Å². The zero-order valence-corrected chi connectivity index (χ0v) is 14.0. The largest absolute Gasteiger partial charge is 0.472 e. The zero-order chi connectivity index (χ0) is 17.5. The molecule has 0 saturated carbocycles. The molecular weight excluding hydrogens is 324 g/mol. The van der Waals surface area contributed by atoms with Crippen molar-refractivity contribution in [3.8, 4) is 17.3 Å². The fourth-order valence-corrected chi connectivity index (χ4v) is 3.76. The van der Waals surface area contributed by atoms with Crippen molar-refractivity contribution in [2.24, 2.45) is 0 Å². The molecule has 0 bridgehead atoms. The molecule has 0 amide bonds. The van der Waals surface area contributed by atoms with E-state index in [0.717, 1.165) is 46.3 Å². The second kappa shape index (κ2) is 5.78. The third-order valence-corrected chi connectivity index (χ3v) is 5.05. The summed E-state index contributed by atoms with van der Waals surface area (Å²) in [7, 11) is 0. The van der Waals surface area contributed by atoms with Crippen LogP contribution in [0.15, 0.2) is 59.4 Å². The standard InChI is InChI=1S/C21H16N4O/c22-11-13-1-4-17-14(9-13)2-5-19(17)23-16-3-6-20-18(10-16)21(25-24-20)15-7-8-26-12-15/h1,3-4,6-10,12,19,23H,2,5H2,(H,24,25)/t19-/m0/s1. The van der Waals surface area contributed by atoms with Crippen LogP contribution in [0.3, 0.4) is 0 Å². The number of hydrogen-bond donors (Lipinski definition) is 2. The predicted molar refractivity (Wildman–Crippen MR) is 99.6 cm³/mol.